The van der Waals surface area contributed by atoms with E-state index in [0.717, 1.165) is 44.0 Å². The van der Waals surface area contributed by atoms with Crippen molar-refractivity contribution in [3.8, 4) is 0 Å². The number of nitrogens with zero attached hydrogens (tertiary/aromatic N) is 4. The van der Waals surface area contributed by atoms with Crippen molar-refractivity contribution in [3.63, 3.8) is 0 Å². The van der Waals surface area contributed by atoms with Crippen LogP contribution in [0.2, 0.25) is 0 Å². The van der Waals surface area contributed by atoms with Crippen LogP contribution in [0.4, 0.5) is 11.6 Å². The minimum Gasteiger partial charge on any atom is -0.355 e. The quantitative estimate of drug-likeness (QED) is 0.565. The fourth-order valence-electron chi connectivity index (χ4n) is 2.16. The predicted octanol–water partition coefficient (Wildman–Crippen LogP) is 0.213. The Morgan fingerprint density at radius 3 is 2.82 bits per heavy atom. The van der Waals surface area contributed by atoms with Gasteiger partial charge in [-0.25, -0.2) is 15.8 Å². The molecule has 1 aliphatic heterocycles. The fraction of sp³-hybridized carbons (Fsp3) is 0.636. The average molecular weight is 236 g/mol. The predicted molar refractivity (Wildman–Crippen MR) is 68.9 cm³/mol. The molecule has 1 saturated heterocycles. The van der Waals surface area contributed by atoms with Crippen LogP contribution in [0.3, 0.4) is 0 Å². The van der Waals surface area contributed by atoms with Crippen LogP contribution < -0.4 is 16.2 Å². The molecule has 1 aliphatic rings. The van der Waals surface area contributed by atoms with Crippen LogP contribution in [0.25, 0.3) is 0 Å². The van der Waals surface area contributed by atoms with Crippen LogP contribution in [0.1, 0.15) is 12.0 Å². The second kappa shape index (κ2) is 5.29. The summed E-state index contributed by atoms with van der Waals surface area (Å²) in [4.78, 5) is 13.1. The SMILES string of the molecule is Cc1c(NN)ncnc1N1CCCN(C)CC1. The van der Waals surface area contributed by atoms with Crippen molar-refractivity contribution in [2.45, 2.75) is 13.3 Å². The van der Waals surface area contributed by atoms with Crippen molar-refractivity contribution in [3.05, 3.63) is 11.9 Å². The summed E-state index contributed by atoms with van der Waals surface area (Å²) >= 11 is 0. The van der Waals surface area contributed by atoms with E-state index in [1.54, 1.807) is 6.33 Å². The molecule has 0 atom stereocenters. The van der Waals surface area contributed by atoms with Crippen LogP contribution >= 0.6 is 0 Å². The molecule has 2 heterocycles. The molecule has 0 aliphatic carbocycles. The molecule has 1 aromatic heterocycles. The van der Waals surface area contributed by atoms with Crippen molar-refractivity contribution in [2.75, 3.05) is 43.6 Å². The maximum absolute atomic E-state index is 5.43. The first-order valence-corrected chi connectivity index (χ1v) is 5.94. The number of hydrogen-bond acceptors (Lipinski definition) is 6. The maximum atomic E-state index is 5.43. The summed E-state index contributed by atoms with van der Waals surface area (Å²) in [5, 5.41) is 0. The van der Waals surface area contributed by atoms with Crippen molar-refractivity contribution >= 4 is 11.6 Å². The van der Waals surface area contributed by atoms with Gasteiger partial charge in [0.25, 0.3) is 0 Å². The van der Waals surface area contributed by atoms with E-state index in [1.165, 1.54) is 0 Å². The smallest absolute Gasteiger partial charge is 0.148 e. The summed E-state index contributed by atoms with van der Waals surface area (Å²) in [6.07, 6.45) is 2.72. The second-order valence-electron chi connectivity index (χ2n) is 4.46. The molecule has 1 aromatic rings. The van der Waals surface area contributed by atoms with Gasteiger partial charge in [-0.3, -0.25) is 0 Å². The van der Waals surface area contributed by atoms with Crippen LogP contribution in [-0.4, -0.2) is 48.1 Å². The Balaban J connectivity index is 2.21. The van der Waals surface area contributed by atoms with E-state index in [9.17, 15) is 0 Å². The van der Waals surface area contributed by atoms with Gasteiger partial charge in [0.1, 0.15) is 18.0 Å². The van der Waals surface area contributed by atoms with E-state index in [4.69, 9.17) is 5.84 Å². The van der Waals surface area contributed by atoms with E-state index >= 15 is 0 Å². The van der Waals surface area contributed by atoms with Crippen molar-refractivity contribution < 1.29 is 0 Å². The lowest BCUT2D eigenvalue weighted by molar-refractivity contribution is 0.360. The monoisotopic (exact) mass is 236 g/mol. The van der Waals surface area contributed by atoms with Gasteiger partial charge in [-0.15, -0.1) is 0 Å². The zero-order valence-electron chi connectivity index (χ0n) is 10.5. The Morgan fingerprint density at radius 1 is 1.24 bits per heavy atom. The molecular weight excluding hydrogens is 216 g/mol. The topological polar surface area (TPSA) is 70.3 Å². The van der Waals surface area contributed by atoms with Gasteiger partial charge in [-0.2, -0.15) is 0 Å². The Hall–Kier alpha value is -1.40. The number of hydrogen-bond donors (Lipinski definition) is 2. The number of hydrazine groups is 1. The molecule has 0 bridgehead atoms. The lowest BCUT2D eigenvalue weighted by atomic mass is 10.2. The van der Waals surface area contributed by atoms with E-state index in [-0.39, 0.29) is 0 Å². The molecule has 94 valence electrons. The Bertz CT molecular complexity index is 380. The average Bonchev–Trinajstić information content (AvgIpc) is 2.54. The minimum absolute atomic E-state index is 0.701. The largest absolute Gasteiger partial charge is 0.355 e. The third-order valence-corrected chi connectivity index (χ3v) is 3.21. The Kier molecular flexibility index (Phi) is 3.75. The normalized spacial score (nSPS) is 17.9. The van der Waals surface area contributed by atoms with E-state index in [2.05, 4.69) is 32.2 Å². The third kappa shape index (κ3) is 2.65. The van der Waals surface area contributed by atoms with E-state index in [1.807, 2.05) is 6.92 Å². The number of anilines is 2. The molecule has 0 unspecified atom stereocenters. The zero-order chi connectivity index (χ0) is 12.3. The molecular formula is C11H20N6. The Morgan fingerprint density at radius 2 is 2.06 bits per heavy atom. The van der Waals surface area contributed by atoms with Crippen LogP contribution in [-0.2, 0) is 0 Å². The van der Waals surface area contributed by atoms with Gasteiger partial charge >= 0.3 is 0 Å². The summed E-state index contributed by atoms with van der Waals surface area (Å²) in [6, 6.07) is 0. The lowest BCUT2D eigenvalue weighted by Gasteiger charge is -2.23. The third-order valence-electron chi connectivity index (χ3n) is 3.21. The molecule has 1 fully saturated rings. The molecule has 0 radical (unpaired) electrons. The van der Waals surface area contributed by atoms with Crippen LogP contribution in [0.15, 0.2) is 6.33 Å². The number of rotatable bonds is 2. The number of aromatic nitrogens is 2. The van der Waals surface area contributed by atoms with Crippen molar-refractivity contribution in [2.24, 2.45) is 5.84 Å². The first-order valence-electron chi connectivity index (χ1n) is 5.94. The van der Waals surface area contributed by atoms with E-state index < -0.39 is 0 Å². The van der Waals surface area contributed by atoms with Gasteiger partial charge in [0.15, 0.2) is 0 Å². The summed E-state index contributed by atoms with van der Waals surface area (Å²) in [5.74, 6) is 7.13. The molecule has 0 aromatic carbocycles. The number of nitrogen functional groups attached to an aromatic ring is 1. The van der Waals surface area contributed by atoms with Gasteiger partial charge in [-0.1, -0.05) is 0 Å². The second-order valence-corrected chi connectivity index (χ2v) is 4.46. The minimum atomic E-state index is 0.701. The van der Waals surface area contributed by atoms with Crippen molar-refractivity contribution in [1.82, 2.24) is 14.9 Å². The summed E-state index contributed by atoms with van der Waals surface area (Å²) in [5.41, 5.74) is 3.62. The highest BCUT2D eigenvalue weighted by molar-refractivity contribution is 5.57. The van der Waals surface area contributed by atoms with Crippen molar-refractivity contribution in [1.29, 1.82) is 0 Å². The molecule has 0 amide bonds. The molecule has 2 rings (SSSR count). The number of nitrogens with two attached hydrogens (primary N) is 1. The molecule has 0 saturated carbocycles. The lowest BCUT2D eigenvalue weighted by Crippen LogP contribution is -2.30. The van der Waals surface area contributed by atoms with Crippen LogP contribution in [0, 0.1) is 6.92 Å². The van der Waals surface area contributed by atoms with Crippen LogP contribution in [0.5, 0.6) is 0 Å². The maximum Gasteiger partial charge on any atom is 0.148 e. The van der Waals surface area contributed by atoms with Gasteiger partial charge in [0, 0.05) is 25.2 Å². The summed E-state index contributed by atoms with van der Waals surface area (Å²) in [6.45, 7) is 6.24. The molecule has 6 nitrogen and oxygen atoms in total. The van der Waals surface area contributed by atoms with E-state index in [0.29, 0.717) is 5.82 Å². The number of likely N-dealkylation sites (N-methyl/N-ethyl adjacent to an activating group) is 1. The fourth-order valence-corrected chi connectivity index (χ4v) is 2.16. The highest BCUT2D eigenvalue weighted by Crippen LogP contribution is 2.22. The van der Waals surface area contributed by atoms with Gasteiger partial charge in [-0.05, 0) is 26.9 Å². The summed E-state index contributed by atoms with van der Waals surface area (Å²) < 4.78 is 0. The molecule has 0 spiro atoms. The first kappa shape index (κ1) is 12.1. The Labute approximate surface area is 102 Å². The highest BCUT2D eigenvalue weighted by atomic mass is 15.3. The highest BCUT2D eigenvalue weighted by Gasteiger charge is 2.16. The standard InChI is InChI=1S/C11H20N6/c1-9-10(15-12)13-8-14-11(9)17-5-3-4-16(2)6-7-17/h8H,3-7,12H2,1-2H3,(H,13,14,15). The van der Waals surface area contributed by atoms with Gasteiger partial charge < -0.3 is 15.2 Å². The van der Waals surface area contributed by atoms with Gasteiger partial charge in [0.05, 0.1) is 0 Å². The first-order chi connectivity index (χ1) is 8.22. The summed E-state index contributed by atoms with van der Waals surface area (Å²) in [7, 11) is 2.16. The zero-order valence-corrected chi connectivity index (χ0v) is 10.5. The molecule has 17 heavy (non-hydrogen) atoms. The molecule has 3 N–H and O–H groups in total. The van der Waals surface area contributed by atoms with Gasteiger partial charge in [0.2, 0.25) is 0 Å². The number of nitrogens with one attached hydrogen (secondary N) is 1. The molecule has 6 heteroatoms.